The molecule has 0 spiro atoms. The number of rotatable bonds is 6. The summed E-state index contributed by atoms with van der Waals surface area (Å²) in [4.78, 5) is 14.5. The third kappa shape index (κ3) is 3.66. The summed E-state index contributed by atoms with van der Waals surface area (Å²) in [5, 5.41) is 31.8. The molecule has 28 heavy (non-hydrogen) atoms. The molecule has 9 nitrogen and oxygen atoms in total. The van der Waals surface area contributed by atoms with Crippen LogP contribution in [-0.2, 0) is 29.0 Å². The molecule has 0 saturated carbocycles. The van der Waals surface area contributed by atoms with Crippen LogP contribution in [0, 0.1) is 0 Å². The number of hydrogen-bond donors (Lipinski definition) is 3. The number of nitrogens with zero attached hydrogens (tertiary/aromatic N) is 4. The number of para-hydroxylation sites is 1. The Labute approximate surface area is 162 Å². The Morgan fingerprint density at radius 1 is 1.29 bits per heavy atom. The lowest BCUT2D eigenvalue weighted by molar-refractivity contribution is -0.122. The quantitative estimate of drug-likeness (QED) is 0.611. The Kier molecular flexibility index (Phi) is 5.40. The van der Waals surface area contributed by atoms with Crippen molar-refractivity contribution >= 4 is 11.6 Å². The molecule has 4 atom stereocenters. The largest absolute Gasteiger partial charge is 0.388 e. The third-order valence-electron chi connectivity index (χ3n) is 5.34. The van der Waals surface area contributed by atoms with Gasteiger partial charge in [0.2, 0.25) is 5.91 Å². The first-order valence-corrected chi connectivity index (χ1v) is 9.50. The summed E-state index contributed by atoms with van der Waals surface area (Å²) in [6.07, 6.45) is -0.997. The van der Waals surface area contributed by atoms with Gasteiger partial charge in [0.05, 0.1) is 24.8 Å². The van der Waals surface area contributed by atoms with Gasteiger partial charge in [-0.15, -0.1) is 5.10 Å². The molecule has 4 rings (SSSR count). The van der Waals surface area contributed by atoms with Gasteiger partial charge in [-0.05, 0) is 25.1 Å². The van der Waals surface area contributed by atoms with Crippen LogP contribution in [0.5, 0.6) is 0 Å². The summed E-state index contributed by atoms with van der Waals surface area (Å²) in [6, 6.07) is 7.82. The van der Waals surface area contributed by atoms with E-state index in [0.717, 1.165) is 23.4 Å². The molecule has 2 aliphatic heterocycles. The molecule has 1 fully saturated rings. The van der Waals surface area contributed by atoms with Gasteiger partial charge in [-0.25, -0.2) is 4.68 Å². The van der Waals surface area contributed by atoms with Crippen LogP contribution in [0.2, 0.25) is 0 Å². The highest BCUT2D eigenvalue weighted by atomic mass is 16.5. The van der Waals surface area contributed by atoms with E-state index in [1.54, 1.807) is 15.8 Å². The summed E-state index contributed by atoms with van der Waals surface area (Å²) in [7, 11) is 1.82. The molecule has 3 N–H and O–H groups in total. The van der Waals surface area contributed by atoms with Gasteiger partial charge in [0.1, 0.15) is 18.3 Å². The van der Waals surface area contributed by atoms with Gasteiger partial charge in [0, 0.05) is 25.0 Å². The van der Waals surface area contributed by atoms with E-state index in [9.17, 15) is 15.0 Å². The standard InChI is InChI=1S/C19H25N5O4/c1-20-9-13-10-23(22-21-13)11-16-19(27)18(26)15(28-16)8-17(25)24-7-6-12-4-2-3-5-14(12)24/h2-5,10,15-16,18-20,26-27H,6-9,11H2,1H3/t15-,16+,18-,19+/m0/s1. The molecule has 2 aliphatic rings. The highest BCUT2D eigenvalue weighted by Gasteiger charge is 2.44. The lowest BCUT2D eigenvalue weighted by Crippen LogP contribution is -2.37. The summed E-state index contributed by atoms with van der Waals surface area (Å²) >= 11 is 0. The number of ether oxygens (including phenoxy) is 1. The summed E-state index contributed by atoms with van der Waals surface area (Å²) in [5.74, 6) is -0.112. The van der Waals surface area contributed by atoms with E-state index in [1.165, 1.54) is 0 Å². The molecule has 1 saturated heterocycles. The minimum atomic E-state index is -1.12. The van der Waals surface area contributed by atoms with Crippen LogP contribution >= 0.6 is 0 Å². The fourth-order valence-electron chi connectivity index (χ4n) is 3.90. The number of benzene rings is 1. The van der Waals surface area contributed by atoms with Crippen molar-refractivity contribution < 1.29 is 19.7 Å². The molecule has 1 aromatic carbocycles. The Morgan fingerprint density at radius 2 is 2.07 bits per heavy atom. The van der Waals surface area contributed by atoms with E-state index in [2.05, 4.69) is 15.6 Å². The summed E-state index contributed by atoms with van der Waals surface area (Å²) < 4.78 is 7.40. The fraction of sp³-hybridized carbons (Fsp3) is 0.526. The van der Waals surface area contributed by atoms with Gasteiger partial charge in [-0.3, -0.25) is 4.79 Å². The first-order valence-electron chi connectivity index (χ1n) is 9.50. The van der Waals surface area contributed by atoms with E-state index >= 15 is 0 Å². The number of anilines is 1. The van der Waals surface area contributed by atoms with Crippen LogP contribution in [-0.4, -0.2) is 69.1 Å². The predicted octanol–water partition coefficient (Wildman–Crippen LogP) is -0.534. The normalized spacial score (nSPS) is 26.6. The molecule has 0 aliphatic carbocycles. The number of aromatic nitrogens is 3. The highest BCUT2D eigenvalue weighted by Crippen LogP contribution is 2.30. The topological polar surface area (TPSA) is 113 Å². The van der Waals surface area contributed by atoms with Gasteiger partial charge in [-0.2, -0.15) is 0 Å². The Bertz CT molecular complexity index is 841. The van der Waals surface area contributed by atoms with Gasteiger partial charge >= 0.3 is 0 Å². The van der Waals surface area contributed by atoms with Crippen molar-refractivity contribution in [2.75, 3.05) is 18.5 Å². The van der Waals surface area contributed by atoms with Crippen molar-refractivity contribution in [1.29, 1.82) is 0 Å². The molecule has 9 heteroatoms. The molecule has 3 heterocycles. The van der Waals surface area contributed by atoms with E-state index in [1.807, 2.05) is 31.3 Å². The molecular weight excluding hydrogens is 362 g/mol. The molecule has 0 radical (unpaired) electrons. The van der Waals surface area contributed by atoms with Gasteiger partial charge in [0.15, 0.2) is 0 Å². The van der Waals surface area contributed by atoms with Crippen LogP contribution in [0.25, 0.3) is 0 Å². The first kappa shape index (κ1) is 19.0. The van der Waals surface area contributed by atoms with Crippen molar-refractivity contribution in [1.82, 2.24) is 20.3 Å². The summed E-state index contributed by atoms with van der Waals surface area (Å²) in [5.41, 5.74) is 2.83. The maximum Gasteiger partial charge on any atom is 0.229 e. The number of aliphatic hydroxyl groups is 2. The Balaban J connectivity index is 1.38. The van der Waals surface area contributed by atoms with E-state index < -0.39 is 24.4 Å². The molecule has 1 aromatic heterocycles. The number of hydrogen-bond acceptors (Lipinski definition) is 7. The minimum absolute atomic E-state index is 0.0193. The van der Waals surface area contributed by atoms with E-state index in [-0.39, 0.29) is 18.9 Å². The second-order valence-electron chi connectivity index (χ2n) is 7.28. The number of fused-ring (bicyclic) bond motifs is 1. The van der Waals surface area contributed by atoms with Crippen molar-refractivity contribution in [3.63, 3.8) is 0 Å². The molecular formula is C19H25N5O4. The smallest absolute Gasteiger partial charge is 0.229 e. The average Bonchev–Trinajstić information content (AvgIpc) is 3.38. The lowest BCUT2D eigenvalue weighted by atomic mass is 10.0. The molecule has 0 unspecified atom stereocenters. The van der Waals surface area contributed by atoms with Crippen LogP contribution in [0.4, 0.5) is 5.69 Å². The van der Waals surface area contributed by atoms with Crippen molar-refractivity contribution in [2.24, 2.45) is 0 Å². The van der Waals surface area contributed by atoms with Gasteiger partial charge in [0.25, 0.3) is 0 Å². The van der Waals surface area contributed by atoms with Crippen molar-refractivity contribution in [3.8, 4) is 0 Å². The Hall–Kier alpha value is -2.33. The number of amides is 1. The second kappa shape index (κ2) is 7.96. The van der Waals surface area contributed by atoms with Crippen molar-refractivity contribution in [2.45, 2.75) is 50.3 Å². The predicted molar refractivity (Wildman–Crippen MR) is 101 cm³/mol. The van der Waals surface area contributed by atoms with Crippen LogP contribution < -0.4 is 10.2 Å². The van der Waals surface area contributed by atoms with Crippen molar-refractivity contribution in [3.05, 3.63) is 41.7 Å². The number of carbonyl (C=O) groups excluding carboxylic acids is 1. The fourth-order valence-corrected chi connectivity index (χ4v) is 3.90. The molecule has 150 valence electrons. The van der Waals surface area contributed by atoms with E-state index in [0.29, 0.717) is 13.1 Å². The van der Waals surface area contributed by atoms with Crippen LogP contribution in [0.1, 0.15) is 17.7 Å². The Morgan fingerprint density at radius 3 is 2.89 bits per heavy atom. The zero-order chi connectivity index (χ0) is 19.7. The molecule has 1 amide bonds. The molecule has 0 bridgehead atoms. The van der Waals surface area contributed by atoms with Gasteiger partial charge in [-0.1, -0.05) is 23.4 Å². The zero-order valence-electron chi connectivity index (χ0n) is 15.7. The van der Waals surface area contributed by atoms with Gasteiger partial charge < -0.3 is 25.2 Å². The van der Waals surface area contributed by atoms with Crippen LogP contribution in [0.3, 0.4) is 0 Å². The van der Waals surface area contributed by atoms with Crippen LogP contribution in [0.15, 0.2) is 30.5 Å². The number of carbonyl (C=O) groups is 1. The maximum atomic E-state index is 12.8. The second-order valence-corrected chi connectivity index (χ2v) is 7.28. The SMILES string of the molecule is CNCc1cn(C[C@H]2O[C@@H](CC(=O)N3CCc4ccccc43)[C@H](O)[C@@H]2O)nn1. The number of aliphatic hydroxyl groups excluding tert-OH is 2. The monoisotopic (exact) mass is 387 g/mol. The third-order valence-corrected chi connectivity index (χ3v) is 5.34. The zero-order valence-corrected chi connectivity index (χ0v) is 15.7. The number of nitrogens with one attached hydrogen (secondary N) is 1. The minimum Gasteiger partial charge on any atom is -0.388 e. The maximum absolute atomic E-state index is 12.8. The highest BCUT2D eigenvalue weighted by molar-refractivity contribution is 5.95. The summed E-state index contributed by atoms with van der Waals surface area (Å²) in [6.45, 7) is 1.47. The van der Waals surface area contributed by atoms with E-state index in [4.69, 9.17) is 4.74 Å². The lowest BCUT2D eigenvalue weighted by Gasteiger charge is -2.21. The first-order chi connectivity index (χ1) is 13.6. The molecule has 2 aromatic rings. The average molecular weight is 387 g/mol.